The first-order chi connectivity index (χ1) is 21.0. The van der Waals surface area contributed by atoms with Crippen molar-refractivity contribution in [3.63, 3.8) is 0 Å². The third kappa shape index (κ3) is 7.01. The Bertz CT molecular complexity index is 1630. The highest BCUT2D eigenvalue weighted by atomic mass is 16.5. The minimum Gasteiger partial charge on any atom is -0.490 e. The molecule has 5 N–H and O–H groups in total. The maximum atomic E-state index is 12.4. The van der Waals surface area contributed by atoms with E-state index in [9.17, 15) is 24.6 Å². The number of hydrogen-bond acceptors (Lipinski definition) is 9. The lowest BCUT2D eigenvalue weighted by Gasteiger charge is -2.28. The maximum absolute atomic E-state index is 12.4. The molecule has 4 rings (SSSR count). The number of amides is 2. The SMILES string of the molecule is CCOc1cc([C@H]2NC(=O)NC(C)=C2C(=O)OC)ccc1OC[C@H](O)N/N=C\c1cc(C)n(-c2cccc(C(=O)O)c2)c1C. The summed E-state index contributed by atoms with van der Waals surface area (Å²) in [5.74, 6) is -0.888. The van der Waals surface area contributed by atoms with E-state index in [-0.39, 0.29) is 17.7 Å². The Morgan fingerprint density at radius 3 is 2.59 bits per heavy atom. The predicted octanol–water partition coefficient (Wildman–Crippen LogP) is 3.31. The molecule has 44 heavy (non-hydrogen) atoms. The largest absolute Gasteiger partial charge is 0.490 e. The molecule has 0 bridgehead atoms. The third-order valence-electron chi connectivity index (χ3n) is 6.92. The zero-order chi connectivity index (χ0) is 32.0. The van der Waals surface area contributed by atoms with Gasteiger partial charge in [0.15, 0.2) is 17.7 Å². The molecule has 2 atom stereocenters. The van der Waals surface area contributed by atoms with Crippen LogP contribution < -0.4 is 25.5 Å². The molecule has 0 saturated heterocycles. The molecule has 0 radical (unpaired) electrons. The molecular formula is C31H35N5O8. The molecule has 1 aliphatic rings. The molecule has 1 aromatic heterocycles. The fourth-order valence-corrected chi connectivity index (χ4v) is 4.91. The van der Waals surface area contributed by atoms with Crippen molar-refractivity contribution in [2.75, 3.05) is 20.3 Å². The van der Waals surface area contributed by atoms with Gasteiger partial charge in [0.2, 0.25) is 0 Å². The van der Waals surface area contributed by atoms with Crippen LogP contribution in [0.1, 0.15) is 52.8 Å². The Labute approximate surface area is 254 Å². The highest BCUT2D eigenvalue weighted by molar-refractivity contribution is 5.95. The number of carboxylic acids is 1. The number of aliphatic hydroxyl groups excluding tert-OH is 1. The summed E-state index contributed by atoms with van der Waals surface area (Å²) in [6, 6.07) is 12.3. The number of aromatic carboxylic acids is 1. The van der Waals surface area contributed by atoms with Crippen molar-refractivity contribution in [1.82, 2.24) is 20.6 Å². The van der Waals surface area contributed by atoms with Crippen molar-refractivity contribution in [2.24, 2.45) is 5.10 Å². The highest BCUT2D eigenvalue weighted by Crippen LogP contribution is 2.35. The monoisotopic (exact) mass is 605 g/mol. The van der Waals surface area contributed by atoms with Gasteiger partial charge in [0.05, 0.1) is 37.1 Å². The summed E-state index contributed by atoms with van der Waals surface area (Å²) in [7, 11) is 1.27. The molecule has 3 aromatic rings. The van der Waals surface area contributed by atoms with Crippen molar-refractivity contribution in [3.8, 4) is 17.2 Å². The van der Waals surface area contributed by atoms with Crippen LogP contribution in [0.3, 0.4) is 0 Å². The number of aromatic nitrogens is 1. The predicted molar refractivity (Wildman–Crippen MR) is 161 cm³/mol. The zero-order valence-corrected chi connectivity index (χ0v) is 25.0. The minimum atomic E-state index is -1.17. The van der Waals surface area contributed by atoms with Crippen LogP contribution in [0.15, 0.2) is 64.9 Å². The van der Waals surface area contributed by atoms with E-state index < -0.39 is 30.2 Å². The highest BCUT2D eigenvalue weighted by Gasteiger charge is 2.32. The van der Waals surface area contributed by atoms with E-state index in [0.29, 0.717) is 35.1 Å². The minimum absolute atomic E-state index is 0.172. The Morgan fingerprint density at radius 1 is 1.11 bits per heavy atom. The molecule has 0 fully saturated rings. The number of benzene rings is 2. The summed E-state index contributed by atoms with van der Waals surface area (Å²) in [5.41, 5.74) is 7.25. The molecular weight excluding hydrogens is 570 g/mol. The second-order valence-electron chi connectivity index (χ2n) is 9.93. The van der Waals surface area contributed by atoms with Crippen molar-refractivity contribution >= 4 is 24.2 Å². The topological polar surface area (TPSA) is 173 Å². The Kier molecular flexibility index (Phi) is 9.91. The van der Waals surface area contributed by atoms with Gasteiger partial charge in [-0.25, -0.2) is 14.4 Å². The molecule has 0 aliphatic carbocycles. The van der Waals surface area contributed by atoms with Crippen LogP contribution in [0.5, 0.6) is 11.5 Å². The fourth-order valence-electron chi connectivity index (χ4n) is 4.91. The van der Waals surface area contributed by atoms with Gasteiger partial charge in [0, 0.05) is 28.3 Å². The summed E-state index contributed by atoms with van der Waals surface area (Å²) in [4.78, 5) is 36.0. The van der Waals surface area contributed by atoms with Gasteiger partial charge in [-0.05, 0) is 69.7 Å². The number of nitrogens with one attached hydrogen (secondary N) is 3. The van der Waals surface area contributed by atoms with Crippen LogP contribution in [-0.2, 0) is 9.53 Å². The molecule has 0 saturated carbocycles. The molecule has 0 unspecified atom stereocenters. The number of aliphatic hydroxyl groups is 1. The number of esters is 1. The van der Waals surface area contributed by atoms with Crippen molar-refractivity contribution in [3.05, 3.63) is 87.9 Å². The lowest BCUT2D eigenvalue weighted by Crippen LogP contribution is -2.45. The van der Waals surface area contributed by atoms with Gasteiger partial charge in [-0.1, -0.05) is 12.1 Å². The van der Waals surface area contributed by atoms with E-state index in [4.69, 9.17) is 14.2 Å². The van der Waals surface area contributed by atoms with Crippen LogP contribution in [0.2, 0.25) is 0 Å². The van der Waals surface area contributed by atoms with Crippen LogP contribution >= 0.6 is 0 Å². The quantitative estimate of drug-likeness (QED) is 0.0899. The number of nitrogens with zero attached hydrogens (tertiary/aromatic N) is 2. The number of hydrazone groups is 1. The van der Waals surface area contributed by atoms with E-state index in [0.717, 1.165) is 17.0 Å². The van der Waals surface area contributed by atoms with E-state index in [1.165, 1.54) is 13.2 Å². The number of carbonyl (C=O) groups is 3. The van der Waals surface area contributed by atoms with Gasteiger partial charge in [-0.3, -0.25) is 5.43 Å². The number of methoxy groups -OCH3 is 1. The second kappa shape index (κ2) is 13.8. The molecule has 0 spiro atoms. The van der Waals surface area contributed by atoms with Crippen LogP contribution in [0.25, 0.3) is 5.69 Å². The molecule has 1 aliphatic heterocycles. The average Bonchev–Trinajstić information content (AvgIpc) is 3.28. The number of hydrogen-bond donors (Lipinski definition) is 5. The summed E-state index contributed by atoms with van der Waals surface area (Å²) in [6.45, 7) is 7.36. The second-order valence-corrected chi connectivity index (χ2v) is 9.93. The molecule has 13 heteroatoms. The Hall–Kier alpha value is -5.30. The van der Waals surface area contributed by atoms with Crippen LogP contribution in [0.4, 0.5) is 4.79 Å². The Morgan fingerprint density at radius 2 is 1.89 bits per heavy atom. The van der Waals surface area contributed by atoms with Gasteiger partial charge < -0.3 is 39.6 Å². The first kappa shape index (κ1) is 31.6. The summed E-state index contributed by atoms with van der Waals surface area (Å²) in [6.07, 6.45) is 0.391. The Balaban J connectivity index is 1.44. The first-order valence-corrected chi connectivity index (χ1v) is 13.8. The number of carboxylic acid groups (broad SMARTS) is 1. The van der Waals surface area contributed by atoms with E-state index >= 15 is 0 Å². The maximum Gasteiger partial charge on any atom is 0.337 e. The number of aryl methyl sites for hydroxylation is 1. The lowest BCUT2D eigenvalue weighted by atomic mass is 9.95. The zero-order valence-electron chi connectivity index (χ0n) is 25.0. The third-order valence-corrected chi connectivity index (χ3v) is 6.92. The number of allylic oxidation sites excluding steroid dienone is 1. The van der Waals surface area contributed by atoms with Gasteiger partial charge in [0.25, 0.3) is 0 Å². The first-order valence-electron chi connectivity index (χ1n) is 13.8. The molecule has 13 nitrogen and oxygen atoms in total. The summed E-state index contributed by atoms with van der Waals surface area (Å²) >= 11 is 0. The normalized spacial score (nSPS) is 15.4. The number of urea groups is 1. The standard InChI is InChI=1S/C31H35N5O8/c1-6-43-25-14-20(28-27(30(40)42-5)18(3)33-31(41)34-28)10-11-24(25)44-16-26(37)35-32-15-22-12-17(2)36(19(22)4)23-9-7-8-21(13-23)29(38)39/h7-15,26,28,35,37H,6,16H2,1-5H3,(H,38,39)(H2,33,34,41)/b32-15-/t26-,28+/m0/s1. The van der Waals surface area contributed by atoms with Gasteiger partial charge in [-0.2, -0.15) is 5.10 Å². The molecule has 2 heterocycles. The smallest absolute Gasteiger partial charge is 0.337 e. The summed E-state index contributed by atoms with van der Waals surface area (Å²) < 4.78 is 18.4. The molecule has 2 amide bonds. The van der Waals surface area contributed by atoms with E-state index in [1.807, 2.05) is 30.5 Å². The van der Waals surface area contributed by atoms with Crippen LogP contribution in [-0.4, -0.2) is 65.5 Å². The van der Waals surface area contributed by atoms with E-state index in [1.54, 1.807) is 50.4 Å². The van der Waals surface area contributed by atoms with Gasteiger partial charge >= 0.3 is 18.0 Å². The van der Waals surface area contributed by atoms with E-state index in [2.05, 4.69) is 21.2 Å². The summed E-state index contributed by atoms with van der Waals surface area (Å²) in [5, 5.41) is 29.3. The molecule has 2 aromatic carbocycles. The van der Waals surface area contributed by atoms with Gasteiger partial charge in [-0.15, -0.1) is 0 Å². The van der Waals surface area contributed by atoms with Gasteiger partial charge in [0.1, 0.15) is 6.61 Å². The fraction of sp³-hybridized carbons (Fsp3) is 0.290. The number of carbonyl (C=O) groups excluding carboxylic acids is 2. The number of rotatable bonds is 12. The number of ether oxygens (including phenoxy) is 3. The van der Waals surface area contributed by atoms with Crippen molar-refractivity contribution in [2.45, 2.75) is 40.0 Å². The van der Waals surface area contributed by atoms with Crippen molar-refractivity contribution < 1.29 is 38.8 Å². The van der Waals surface area contributed by atoms with Crippen LogP contribution in [0, 0.1) is 13.8 Å². The molecule has 232 valence electrons. The lowest BCUT2D eigenvalue weighted by molar-refractivity contribution is -0.136. The average molecular weight is 606 g/mol. The van der Waals surface area contributed by atoms with Crippen molar-refractivity contribution in [1.29, 1.82) is 0 Å².